The first kappa shape index (κ1) is 23.8. The van der Waals surface area contributed by atoms with Gasteiger partial charge in [-0.05, 0) is 57.0 Å². The third-order valence-electron chi connectivity index (χ3n) is 6.08. The van der Waals surface area contributed by atoms with Crippen LogP contribution in [-0.4, -0.2) is 45.3 Å². The van der Waals surface area contributed by atoms with E-state index < -0.39 is 29.7 Å². The monoisotopic (exact) mass is 472 g/mol. The van der Waals surface area contributed by atoms with Crippen molar-refractivity contribution in [2.24, 2.45) is 0 Å². The smallest absolute Gasteiger partial charge is 0.338 e. The van der Waals surface area contributed by atoms with Crippen LogP contribution in [0.15, 0.2) is 48.5 Å². The predicted molar refractivity (Wildman–Crippen MR) is 127 cm³/mol. The van der Waals surface area contributed by atoms with Gasteiger partial charge in [0.1, 0.15) is 0 Å². The van der Waals surface area contributed by atoms with Gasteiger partial charge in [0.25, 0.3) is 11.8 Å². The van der Waals surface area contributed by atoms with Crippen molar-refractivity contribution in [3.63, 3.8) is 0 Å². The molecule has 1 atom stereocenters. The maximum absolute atomic E-state index is 12.9. The van der Waals surface area contributed by atoms with Crippen molar-refractivity contribution in [2.75, 3.05) is 0 Å². The molecule has 35 heavy (non-hydrogen) atoms. The Morgan fingerprint density at radius 3 is 2.26 bits per heavy atom. The fraction of sp³-hybridized carbons (Fsp3) is 0.222. The lowest BCUT2D eigenvalue weighted by Crippen LogP contribution is -2.29. The lowest BCUT2D eigenvalue weighted by molar-refractivity contribution is 0.0317. The number of ketones is 2. The van der Waals surface area contributed by atoms with Crippen molar-refractivity contribution in [3.8, 4) is 0 Å². The predicted octanol–water partition coefficient (Wildman–Crippen LogP) is 4.06. The van der Waals surface area contributed by atoms with Crippen LogP contribution in [0, 0.1) is 13.8 Å². The van der Waals surface area contributed by atoms with Crippen molar-refractivity contribution in [2.45, 2.75) is 40.3 Å². The zero-order chi connectivity index (χ0) is 25.4. The Labute approximate surface area is 201 Å². The number of esters is 1. The third kappa shape index (κ3) is 4.30. The lowest BCUT2D eigenvalue weighted by atomic mass is 10.0. The molecule has 2 heterocycles. The second-order valence-corrected chi connectivity index (χ2v) is 8.54. The summed E-state index contributed by atoms with van der Waals surface area (Å²) < 4.78 is 5.36. The number of fused-ring (bicyclic) bond motifs is 1. The van der Waals surface area contributed by atoms with E-state index in [1.165, 1.54) is 32.0 Å². The van der Waals surface area contributed by atoms with Gasteiger partial charge in [-0.2, -0.15) is 0 Å². The van der Waals surface area contributed by atoms with E-state index in [0.29, 0.717) is 16.8 Å². The zero-order valence-corrected chi connectivity index (χ0v) is 19.8. The number of aryl methyl sites for hydroxylation is 1. The first-order valence-electron chi connectivity index (χ1n) is 11.1. The molecule has 4 rings (SSSR count). The fourth-order valence-corrected chi connectivity index (χ4v) is 4.34. The summed E-state index contributed by atoms with van der Waals surface area (Å²) in [5.41, 5.74) is 2.89. The molecule has 1 N–H and O–H groups in total. The van der Waals surface area contributed by atoms with Gasteiger partial charge >= 0.3 is 5.97 Å². The molecule has 0 saturated carbocycles. The van der Waals surface area contributed by atoms with Gasteiger partial charge in [-0.15, -0.1) is 0 Å². The van der Waals surface area contributed by atoms with Crippen molar-refractivity contribution in [3.05, 3.63) is 93.3 Å². The molecule has 0 radical (unpaired) electrons. The minimum Gasteiger partial charge on any atom is -0.451 e. The Bertz CT molecular complexity index is 1390. The van der Waals surface area contributed by atoms with E-state index in [2.05, 4.69) is 4.98 Å². The summed E-state index contributed by atoms with van der Waals surface area (Å²) in [6.45, 7) is 6.33. The van der Waals surface area contributed by atoms with Gasteiger partial charge in [0.15, 0.2) is 11.9 Å². The topological polar surface area (TPSA) is 114 Å². The Morgan fingerprint density at radius 1 is 0.971 bits per heavy atom. The minimum atomic E-state index is -1.14. The number of carbonyl (C=O) groups is 5. The Kier molecular flexibility index (Phi) is 6.22. The number of rotatable bonds is 7. The molecule has 178 valence electrons. The zero-order valence-electron chi connectivity index (χ0n) is 19.8. The molecule has 8 nitrogen and oxygen atoms in total. The largest absolute Gasteiger partial charge is 0.451 e. The van der Waals surface area contributed by atoms with Gasteiger partial charge < -0.3 is 9.72 Å². The van der Waals surface area contributed by atoms with Crippen LogP contribution in [0.25, 0.3) is 0 Å². The van der Waals surface area contributed by atoms with Gasteiger partial charge in [0.2, 0.25) is 5.78 Å². The van der Waals surface area contributed by atoms with Crippen LogP contribution in [0.5, 0.6) is 0 Å². The highest BCUT2D eigenvalue weighted by molar-refractivity contribution is 6.22. The standard InChI is InChI=1S/C27H24N2O6/c1-14-22(16(3)30)15(2)28-23(14)24(31)17(4)35-27(34)19-10-11-20-21(12-19)26(33)29(25(20)32)13-18-8-6-5-7-9-18/h5-12,17,28H,13H2,1-4H3. The van der Waals surface area contributed by atoms with Crippen molar-refractivity contribution < 1.29 is 28.7 Å². The number of carbonyl (C=O) groups excluding carboxylic acids is 5. The molecular weight excluding hydrogens is 448 g/mol. The van der Waals surface area contributed by atoms with E-state index in [1.807, 2.05) is 30.3 Å². The van der Waals surface area contributed by atoms with Gasteiger partial charge in [-0.25, -0.2) is 4.79 Å². The number of hydrogen-bond acceptors (Lipinski definition) is 6. The number of H-pyrrole nitrogens is 1. The van der Waals surface area contributed by atoms with E-state index in [1.54, 1.807) is 13.8 Å². The molecule has 1 unspecified atom stereocenters. The third-order valence-corrected chi connectivity index (χ3v) is 6.08. The summed E-state index contributed by atoms with van der Waals surface area (Å²) in [7, 11) is 0. The lowest BCUT2D eigenvalue weighted by Gasteiger charge is -2.13. The average molecular weight is 472 g/mol. The number of aromatic nitrogens is 1. The molecule has 0 spiro atoms. The number of hydrogen-bond donors (Lipinski definition) is 1. The van der Waals surface area contributed by atoms with Crippen molar-refractivity contribution >= 4 is 29.4 Å². The molecule has 1 aliphatic heterocycles. The number of Topliss-reactive ketones (excluding diaryl/α,β-unsaturated/α-hetero) is 2. The first-order chi connectivity index (χ1) is 16.6. The van der Waals surface area contributed by atoms with Crippen LogP contribution in [-0.2, 0) is 11.3 Å². The number of nitrogens with zero attached hydrogens (tertiary/aromatic N) is 1. The number of aromatic amines is 1. The summed E-state index contributed by atoms with van der Waals surface area (Å²) in [5, 5.41) is 0. The van der Waals surface area contributed by atoms with Crippen molar-refractivity contribution in [1.82, 2.24) is 9.88 Å². The van der Waals surface area contributed by atoms with E-state index in [4.69, 9.17) is 4.74 Å². The van der Waals surface area contributed by atoms with Crippen LogP contribution >= 0.6 is 0 Å². The van der Waals surface area contributed by atoms with Gasteiger partial charge in [0.05, 0.1) is 28.9 Å². The quantitative estimate of drug-likeness (QED) is 0.315. The highest BCUT2D eigenvalue weighted by atomic mass is 16.5. The maximum Gasteiger partial charge on any atom is 0.338 e. The highest BCUT2D eigenvalue weighted by Gasteiger charge is 2.36. The first-order valence-corrected chi connectivity index (χ1v) is 11.1. The molecule has 0 fully saturated rings. The SMILES string of the molecule is CC(=O)c1c(C)[nH]c(C(=O)C(C)OC(=O)c2ccc3c(c2)C(=O)N(Cc2ccccc2)C3=O)c1C. The maximum atomic E-state index is 12.9. The van der Waals surface area contributed by atoms with E-state index in [0.717, 1.165) is 10.5 Å². The highest BCUT2D eigenvalue weighted by Crippen LogP contribution is 2.26. The van der Waals surface area contributed by atoms with Crippen LogP contribution < -0.4 is 0 Å². The Morgan fingerprint density at radius 2 is 1.63 bits per heavy atom. The summed E-state index contributed by atoms with van der Waals surface area (Å²) in [5.74, 6) is -2.38. The fourth-order valence-electron chi connectivity index (χ4n) is 4.34. The molecular formula is C27H24N2O6. The van der Waals surface area contributed by atoms with Gasteiger partial charge in [0, 0.05) is 11.3 Å². The van der Waals surface area contributed by atoms with Gasteiger partial charge in [-0.3, -0.25) is 24.1 Å². The van der Waals surface area contributed by atoms with Crippen LogP contribution in [0.4, 0.5) is 0 Å². The molecule has 8 heteroatoms. The van der Waals surface area contributed by atoms with Crippen LogP contribution in [0.1, 0.15) is 82.6 Å². The average Bonchev–Trinajstić information content (AvgIpc) is 3.26. The van der Waals surface area contributed by atoms with Crippen LogP contribution in [0.2, 0.25) is 0 Å². The molecule has 2 amide bonds. The van der Waals surface area contributed by atoms with Crippen molar-refractivity contribution in [1.29, 1.82) is 0 Å². The number of imide groups is 1. The second-order valence-electron chi connectivity index (χ2n) is 8.54. The number of ether oxygens (including phenoxy) is 1. The summed E-state index contributed by atoms with van der Waals surface area (Å²) >= 11 is 0. The van der Waals surface area contributed by atoms with Gasteiger partial charge in [-0.1, -0.05) is 30.3 Å². The summed E-state index contributed by atoms with van der Waals surface area (Å²) in [4.78, 5) is 67.2. The molecule has 0 bridgehead atoms. The van der Waals surface area contributed by atoms with E-state index in [-0.39, 0.29) is 34.7 Å². The minimum absolute atomic E-state index is 0.0509. The number of benzene rings is 2. The number of nitrogens with one attached hydrogen (secondary N) is 1. The van der Waals surface area contributed by atoms with E-state index in [9.17, 15) is 24.0 Å². The molecule has 2 aromatic carbocycles. The molecule has 1 aromatic heterocycles. The Hall–Kier alpha value is -4.33. The molecule has 1 aliphatic rings. The Balaban J connectivity index is 1.51. The molecule has 0 aliphatic carbocycles. The summed E-state index contributed by atoms with van der Waals surface area (Å²) in [6, 6.07) is 13.2. The number of amides is 2. The van der Waals surface area contributed by atoms with Crippen LogP contribution in [0.3, 0.4) is 0 Å². The second kappa shape index (κ2) is 9.13. The molecule has 3 aromatic rings. The normalized spacial score (nSPS) is 13.5. The summed E-state index contributed by atoms with van der Waals surface area (Å²) in [6.07, 6.45) is -1.14. The van der Waals surface area contributed by atoms with E-state index >= 15 is 0 Å². The molecule has 0 saturated heterocycles.